The van der Waals surface area contributed by atoms with Gasteiger partial charge in [-0.15, -0.1) is 0 Å². The third-order valence-electron chi connectivity index (χ3n) is 2.61. The van der Waals surface area contributed by atoms with Gasteiger partial charge in [-0.25, -0.2) is 0 Å². The van der Waals surface area contributed by atoms with Crippen LogP contribution in [-0.4, -0.2) is 45.1 Å². The van der Waals surface area contributed by atoms with Gasteiger partial charge in [0.15, 0.2) is 0 Å². The molecule has 1 aliphatic heterocycles. The molecule has 0 aliphatic carbocycles. The molecular weight excluding hydrogens is 180 g/mol. The Labute approximate surface area is 86.1 Å². The molecule has 4 heteroatoms. The standard InChI is InChI=1S/C10H22N2O2/c1-10(4-3-5-14-8-10)12-6-9(11)7-13-2/h9,12H,3-8,11H2,1-2H3. The maximum atomic E-state index is 5.83. The summed E-state index contributed by atoms with van der Waals surface area (Å²) in [6.45, 7) is 5.25. The third kappa shape index (κ3) is 3.92. The van der Waals surface area contributed by atoms with Crippen LogP contribution in [-0.2, 0) is 9.47 Å². The average molecular weight is 202 g/mol. The maximum absolute atomic E-state index is 5.83. The summed E-state index contributed by atoms with van der Waals surface area (Å²) in [5.74, 6) is 0. The van der Waals surface area contributed by atoms with Gasteiger partial charge in [0, 0.05) is 31.8 Å². The van der Waals surface area contributed by atoms with E-state index in [9.17, 15) is 0 Å². The molecular formula is C10H22N2O2. The molecule has 4 nitrogen and oxygen atoms in total. The van der Waals surface area contributed by atoms with Gasteiger partial charge in [-0.3, -0.25) is 0 Å². The molecule has 1 aliphatic rings. The van der Waals surface area contributed by atoms with E-state index in [0.29, 0.717) is 6.61 Å². The Kier molecular flexibility index (Phi) is 4.81. The summed E-state index contributed by atoms with van der Waals surface area (Å²) in [7, 11) is 1.67. The van der Waals surface area contributed by atoms with Crippen molar-refractivity contribution in [1.82, 2.24) is 5.32 Å². The van der Waals surface area contributed by atoms with Crippen molar-refractivity contribution in [3.05, 3.63) is 0 Å². The summed E-state index contributed by atoms with van der Waals surface area (Å²) in [6.07, 6.45) is 2.29. The van der Waals surface area contributed by atoms with Gasteiger partial charge in [0.05, 0.1) is 13.2 Å². The number of ether oxygens (including phenoxy) is 2. The highest BCUT2D eigenvalue weighted by Gasteiger charge is 2.27. The predicted octanol–water partition coefficient (Wildman–Crippen LogP) is 0.119. The van der Waals surface area contributed by atoms with Gasteiger partial charge < -0.3 is 20.5 Å². The van der Waals surface area contributed by atoms with Gasteiger partial charge in [-0.2, -0.15) is 0 Å². The molecule has 0 bridgehead atoms. The fourth-order valence-electron chi connectivity index (χ4n) is 1.72. The van der Waals surface area contributed by atoms with E-state index >= 15 is 0 Å². The van der Waals surface area contributed by atoms with E-state index in [1.807, 2.05) is 0 Å². The first-order valence-corrected chi connectivity index (χ1v) is 5.23. The lowest BCUT2D eigenvalue weighted by molar-refractivity contribution is 0.0269. The van der Waals surface area contributed by atoms with Gasteiger partial charge in [-0.05, 0) is 19.8 Å². The first-order valence-electron chi connectivity index (χ1n) is 5.23. The lowest BCUT2D eigenvalue weighted by Crippen LogP contribution is -2.53. The maximum Gasteiger partial charge on any atom is 0.0645 e. The molecule has 2 atom stereocenters. The quantitative estimate of drug-likeness (QED) is 0.665. The van der Waals surface area contributed by atoms with Gasteiger partial charge in [-0.1, -0.05) is 0 Å². The van der Waals surface area contributed by atoms with Crippen LogP contribution in [0, 0.1) is 0 Å². The van der Waals surface area contributed by atoms with Crippen molar-refractivity contribution >= 4 is 0 Å². The molecule has 0 radical (unpaired) electrons. The summed E-state index contributed by atoms with van der Waals surface area (Å²) in [6, 6.07) is 0.0683. The summed E-state index contributed by atoms with van der Waals surface area (Å²) >= 11 is 0. The smallest absolute Gasteiger partial charge is 0.0645 e. The van der Waals surface area contributed by atoms with Crippen LogP contribution < -0.4 is 11.1 Å². The SMILES string of the molecule is COCC(N)CNC1(C)CCCOC1. The van der Waals surface area contributed by atoms with E-state index in [2.05, 4.69) is 12.2 Å². The number of hydrogen-bond acceptors (Lipinski definition) is 4. The zero-order valence-corrected chi connectivity index (χ0v) is 9.21. The zero-order chi connectivity index (χ0) is 10.4. The molecule has 1 saturated heterocycles. The Bertz CT molecular complexity index is 158. The highest BCUT2D eigenvalue weighted by Crippen LogP contribution is 2.17. The first kappa shape index (κ1) is 11.9. The lowest BCUT2D eigenvalue weighted by Gasteiger charge is -2.35. The Balaban J connectivity index is 2.21. The molecule has 0 aromatic heterocycles. The second kappa shape index (κ2) is 5.66. The summed E-state index contributed by atoms with van der Waals surface area (Å²) in [5.41, 5.74) is 5.93. The minimum atomic E-state index is 0.0683. The normalized spacial score (nSPS) is 30.2. The number of rotatable bonds is 5. The van der Waals surface area contributed by atoms with Gasteiger partial charge >= 0.3 is 0 Å². The number of nitrogens with two attached hydrogens (primary N) is 1. The van der Waals surface area contributed by atoms with E-state index < -0.39 is 0 Å². The van der Waals surface area contributed by atoms with Crippen LogP contribution in [0.2, 0.25) is 0 Å². The van der Waals surface area contributed by atoms with Crippen LogP contribution in [0.25, 0.3) is 0 Å². The molecule has 84 valence electrons. The van der Waals surface area contributed by atoms with Crippen LogP contribution in [0.5, 0.6) is 0 Å². The van der Waals surface area contributed by atoms with Gasteiger partial charge in [0.2, 0.25) is 0 Å². The summed E-state index contributed by atoms with van der Waals surface area (Å²) in [4.78, 5) is 0. The van der Waals surface area contributed by atoms with E-state index in [0.717, 1.165) is 32.6 Å². The largest absolute Gasteiger partial charge is 0.383 e. The monoisotopic (exact) mass is 202 g/mol. The average Bonchev–Trinajstić information content (AvgIpc) is 2.17. The Morgan fingerprint density at radius 2 is 2.43 bits per heavy atom. The lowest BCUT2D eigenvalue weighted by atomic mass is 9.94. The van der Waals surface area contributed by atoms with E-state index in [-0.39, 0.29) is 11.6 Å². The summed E-state index contributed by atoms with van der Waals surface area (Å²) < 4.78 is 10.4. The van der Waals surface area contributed by atoms with E-state index in [1.165, 1.54) is 0 Å². The summed E-state index contributed by atoms with van der Waals surface area (Å²) in [5, 5.41) is 3.45. The minimum Gasteiger partial charge on any atom is -0.383 e. The van der Waals surface area contributed by atoms with Crippen molar-refractivity contribution in [3.63, 3.8) is 0 Å². The van der Waals surface area contributed by atoms with Crippen LogP contribution in [0.1, 0.15) is 19.8 Å². The van der Waals surface area contributed by atoms with Crippen LogP contribution in [0.4, 0.5) is 0 Å². The first-order chi connectivity index (χ1) is 6.66. The van der Waals surface area contributed by atoms with Crippen molar-refractivity contribution < 1.29 is 9.47 Å². The highest BCUT2D eigenvalue weighted by molar-refractivity contribution is 4.86. The van der Waals surface area contributed by atoms with Crippen LogP contribution in [0.3, 0.4) is 0 Å². The molecule has 0 aromatic carbocycles. The molecule has 1 rings (SSSR count). The second-order valence-corrected chi connectivity index (χ2v) is 4.31. The van der Waals surface area contributed by atoms with Crippen molar-refractivity contribution in [2.45, 2.75) is 31.3 Å². The van der Waals surface area contributed by atoms with Crippen molar-refractivity contribution in [3.8, 4) is 0 Å². The fraction of sp³-hybridized carbons (Fsp3) is 1.00. The Morgan fingerprint density at radius 1 is 1.64 bits per heavy atom. The van der Waals surface area contributed by atoms with Crippen LogP contribution >= 0.6 is 0 Å². The van der Waals surface area contributed by atoms with E-state index in [1.54, 1.807) is 7.11 Å². The van der Waals surface area contributed by atoms with Crippen LogP contribution in [0.15, 0.2) is 0 Å². The number of nitrogens with one attached hydrogen (secondary N) is 1. The molecule has 1 fully saturated rings. The Hall–Kier alpha value is -0.160. The molecule has 0 spiro atoms. The predicted molar refractivity (Wildman–Crippen MR) is 56.3 cm³/mol. The molecule has 3 N–H and O–H groups in total. The molecule has 14 heavy (non-hydrogen) atoms. The number of methoxy groups -OCH3 is 1. The zero-order valence-electron chi connectivity index (χ0n) is 9.21. The molecule has 0 saturated carbocycles. The molecule has 1 heterocycles. The topological polar surface area (TPSA) is 56.5 Å². The Morgan fingerprint density at radius 3 is 3.00 bits per heavy atom. The fourth-order valence-corrected chi connectivity index (χ4v) is 1.72. The van der Waals surface area contributed by atoms with Crippen molar-refractivity contribution in [1.29, 1.82) is 0 Å². The second-order valence-electron chi connectivity index (χ2n) is 4.31. The molecule has 2 unspecified atom stereocenters. The third-order valence-corrected chi connectivity index (χ3v) is 2.61. The van der Waals surface area contributed by atoms with Crippen molar-refractivity contribution in [2.24, 2.45) is 5.73 Å². The van der Waals surface area contributed by atoms with E-state index in [4.69, 9.17) is 15.2 Å². The number of hydrogen-bond donors (Lipinski definition) is 2. The highest BCUT2D eigenvalue weighted by atomic mass is 16.5. The minimum absolute atomic E-state index is 0.0683. The molecule has 0 amide bonds. The molecule has 0 aromatic rings. The van der Waals surface area contributed by atoms with Crippen molar-refractivity contribution in [2.75, 3.05) is 33.5 Å². The van der Waals surface area contributed by atoms with Gasteiger partial charge in [0.1, 0.15) is 0 Å². The van der Waals surface area contributed by atoms with Gasteiger partial charge in [0.25, 0.3) is 0 Å².